The van der Waals surface area contributed by atoms with Crippen LogP contribution in [-0.2, 0) is 0 Å². The molecule has 0 spiro atoms. The summed E-state index contributed by atoms with van der Waals surface area (Å²) in [5, 5.41) is 7.49. The molecule has 98 valence electrons. The zero-order valence-electron chi connectivity index (χ0n) is 10.2. The van der Waals surface area contributed by atoms with E-state index in [-0.39, 0.29) is 0 Å². The Morgan fingerprint density at radius 1 is 1.15 bits per heavy atom. The molecule has 4 rings (SSSR count). The molecule has 0 radical (unpaired) electrons. The lowest BCUT2D eigenvalue weighted by molar-refractivity contribution is 0.430. The Balaban J connectivity index is 1.80. The van der Waals surface area contributed by atoms with Gasteiger partial charge in [-0.25, -0.2) is 0 Å². The van der Waals surface area contributed by atoms with Crippen LogP contribution in [0.1, 0.15) is 0 Å². The monoisotopic (exact) mass is 283 g/mol. The maximum Gasteiger partial charge on any atom is 0.261 e. The van der Waals surface area contributed by atoms with Gasteiger partial charge >= 0.3 is 0 Å². The van der Waals surface area contributed by atoms with E-state index in [9.17, 15) is 0 Å². The van der Waals surface area contributed by atoms with Crippen LogP contribution in [0, 0.1) is 0 Å². The molecule has 20 heavy (non-hydrogen) atoms. The van der Waals surface area contributed by atoms with Crippen molar-refractivity contribution >= 4 is 27.3 Å². The maximum atomic E-state index is 5.85. The SMILES string of the molecule is Nc1sccc1-c1nc(-c2cc3ccccc3o2)no1. The molecule has 4 aromatic rings. The smallest absolute Gasteiger partial charge is 0.261 e. The van der Waals surface area contributed by atoms with Gasteiger partial charge < -0.3 is 14.7 Å². The van der Waals surface area contributed by atoms with E-state index < -0.39 is 0 Å². The van der Waals surface area contributed by atoms with Crippen LogP contribution in [0.2, 0.25) is 0 Å². The molecule has 0 aliphatic rings. The number of fused-ring (bicyclic) bond motifs is 1. The third-order valence-electron chi connectivity index (χ3n) is 3.00. The van der Waals surface area contributed by atoms with Crippen LogP contribution in [-0.4, -0.2) is 10.1 Å². The van der Waals surface area contributed by atoms with Crippen LogP contribution in [0.25, 0.3) is 34.0 Å². The second-order valence-electron chi connectivity index (χ2n) is 4.27. The van der Waals surface area contributed by atoms with E-state index in [1.165, 1.54) is 11.3 Å². The summed E-state index contributed by atoms with van der Waals surface area (Å²) in [6.07, 6.45) is 0. The van der Waals surface area contributed by atoms with Gasteiger partial charge in [-0.2, -0.15) is 4.98 Å². The van der Waals surface area contributed by atoms with Gasteiger partial charge in [0.25, 0.3) is 5.89 Å². The minimum atomic E-state index is 0.402. The summed E-state index contributed by atoms with van der Waals surface area (Å²) in [5.74, 6) is 1.40. The Hall–Kier alpha value is -2.60. The molecule has 0 amide bonds. The Morgan fingerprint density at radius 3 is 2.85 bits per heavy atom. The second-order valence-corrected chi connectivity index (χ2v) is 5.22. The minimum Gasteiger partial charge on any atom is -0.453 e. The normalized spacial score (nSPS) is 11.2. The zero-order valence-corrected chi connectivity index (χ0v) is 11.1. The average Bonchev–Trinajstić information content (AvgIpc) is 3.15. The molecule has 0 unspecified atom stereocenters. The number of hydrogen-bond acceptors (Lipinski definition) is 6. The fraction of sp³-hybridized carbons (Fsp3) is 0. The van der Waals surface area contributed by atoms with Gasteiger partial charge in [0.1, 0.15) is 5.58 Å². The lowest BCUT2D eigenvalue weighted by Crippen LogP contribution is -1.83. The van der Waals surface area contributed by atoms with Gasteiger partial charge in [-0.15, -0.1) is 11.3 Å². The molecular weight excluding hydrogens is 274 g/mol. The summed E-state index contributed by atoms with van der Waals surface area (Å²) in [5.41, 5.74) is 7.40. The van der Waals surface area contributed by atoms with Crippen LogP contribution >= 0.6 is 11.3 Å². The van der Waals surface area contributed by atoms with E-state index in [0.29, 0.717) is 22.5 Å². The van der Waals surface area contributed by atoms with Crippen LogP contribution in [0.3, 0.4) is 0 Å². The molecule has 0 fully saturated rings. The molecule has 5 nitrogen and oxygen atoms in total. The van der Waals surface area contributed by atoms with Gasteiger partial charge in [-0.1, -0.05) is 23.4 Å². The molecule has 0 atom stereocenters. The number of hydrogen-bond donors (Lipinski definition) is 1. The molecule has 3 aromatic heterocycles. The van der Waals surface area contributed by atoms with Gasteiger partial charge in [0.2, 0.25) is 5.82 Å². The van der Waals surface area contributed by atoms with Crippen LogP contribution in [0.15, 0.2) is 50.7 Å². The number of thiophene rings is 1. The molecule has 1 aromatic carbocycles. The summed E-state index contributed by atoms with van der Waals surface area (Å²) in [6.45, 7) is 0. The lowest BCUT2D eigenvalue weighted by Gasteiger charge is -1.88. The summed E-state index contributed by atoms with van der Waals surface area (Å²) in [7, 11) is 0. The molecule has 0 aliphatic heterocycles. The van der Waals surface area contributed by atoms with Crippen molar-refractivity contribution in [1.82, 2.24) is 10.1 Å². The number of furan rings is 1. The minimum absolute atomic E-state index is 0.402. The summed E-state index contributed by atoms with van der Waals surface area (Å²) >= 11 is 1.43. The number of para-hydroxylation sites is 1. The molecule has 0 saturated heterocycles. The third-order valence-corrected chi connectivity index (χ3v) is 3.74. The Bertz CT molecular complexity index is 858. The lowest BCUT2D eigenvalue weighted by atomic mass is 10.2. The highest BCUT2D eigenvalue weighted by Gasteiger charge is 2.16. The third kappa shape index (κ3) is 1.70. The summed E-state index contributed by atoms with van der Waals surface area (Å²) in [6, 6.07) is 11.5. The van der Waals surface area contributed by atoms with Gasteiger partial charge in [-0.3, -0.25) is 0 Å². The number of nitrogen functional groups attached to an aromatic ring is 1. The topological polar surface area (TPSA) is 78.1 Å². The number of rotatable bonds is 2. The van der Waals surface area contributed by atoms with E-state index in [0.717, 1.165) is 16.5 Å². The average molecular weight is 283 g/mol. The van der Waals surface area contributed by atoms with Gasteiger partial charge in [0, 0.05) is 5.39 Å². The Kier molecular flexibility index (Phi) is 2.37. The Morgan fingerprint density at radius 2 is 2.05 bits per heavy atom. The van der Waals surface area contributed by atoms with Crippen molar-refractivity contribution in [1.29, 1.82) is 0 Å². The van der Waals surface area contributed by atoms with E-state index >= 15 is 0 Å². The molecule has 2 N–H and O–H groups in total. The number of aromatic nitrogens is 2. The fourth-order valence-corrected chi connectivity index (χ4v) is 2.66. The Labute approximate surface area is 117 Å². The van der Waals surface area contributed by atoms with Crippen LogP contribution in [0.4, 0.5) is 5.00 Å². The van der Waals surface area contributed by atoms with Crippen LogP contribution < -0.4 is 5.73 Å². The highest BCUT2D eigenvalue weighted by atomic mass is 32.1. The summed E-state index contributed by atoms with van der Waals surface area (Å²) < 4.78 is 10.9. The molecule has 6 heteroatoms. The van der Waals surface area contributed by atoms with Gasteiger partial charge in [-0.05, 0) is 23.6 Å². The highest BCUT2D eigenvalue weighted by molar-refractivity contribution is 7.14. The molecule has 0 saturated carbocycles. The largest absolute Gasteiger partial charge is 0.453 e. The van der Waals surface area contributed by atoms with Crippen molar-refractivity contribution in [3.8, 4) is 23.0 Å². The first-order chi connectivity index (χ1) is 9.81. The van der Waals surface area contributed by atoms with Crippen molar-refractivity contribution in [3.63, 3.8) is 0 Å². The van der Waals surface area contributed by atoms with Crippen molar-refractivity contribution in [2.24, 2.45) is 0 Å². The molecule has 3 heterocycles. The van der Waals surface area contributed by atoms with Gasteiger partial charge in [0.05, 0.1) is 10.6 Å². The summed E-state index contributed by atoms with van der Waals surface area (Å²) in [4.78, 5) is 4.33. The molecular formula is C14H9N3O2S. The maximum absolute atomic E-state index is 5.85. The van der Waals surface area contributed by atoms with Crippen molar-refractivity contribution in [3.05, 3.63) is 41.8 Å². The quantitative estimate of drug-likeness (QED) is 0.605. The highest BCUT2D eigenvalue weighted by Crippen LogP contribution is 2.32. The second kappa shape index (κ2) is 4.21. The van der Waals surface area contributed by atoms with Crippen molar-refractivity contribution in [2.75, 3.05) is 5.73 Å². The molecule has 0 bridgehead atoms. The first-order valence-corrected chi connectivity index (χ1v) is 6.85. The molecule has 0 aliphatic carbocycles. The first kappa shape index (κ1) is 11.2. The first-order valence-electron chi connectivity index (χ1n) is 5.97. The number of nitrogens with two attached hydrogens (primary N) is 1. The van der Waals surface area contributed by atoms with E-state index in [1.54, 1.807) is 0 Å². The standard InChI is InChI=1S/C14H9N3O2S/c15-12-9(5-6-20-12)14-16-13(17-19-14)11-7-8-3-1-2-4-10(8)18-11/h1-7H,15H2. The van der Waals surface area contributed by atoms with Gasteiger partial charge in [0.15, 0.2) is 5.76 Å². The number of anilines is 1. The van der Waals surface area contributed by atoms with Crippen LogP contribution in [0.5, 0.6) is 0 Å². The predicted molar refractivity (Wildman–Crippen MR) is 77.2 cm³/mol. The van der Waals surface area contributed by atoms with Crippen molar-refractivity contribution in [2.45, 2.75) is 0 Å². The van der Waals surface area contributed by atoms with E-state index in [1.807, 2.05) is 41.8 Å². The van der Waals surface area contributed by atoms with E-state index in [4.69, 9.17) is 14.7 Å². The van der Waals surface area contributed by atoms with Crippen molar-refractivity contribution < 1.29 is 8.94 Å². The number of benzene rings is 1. The fourth-order valence-electron chi connectivity index (χ4n) is 2.02. The zero-order chi connectivity index (χ0) is 13.5. The number of nitrogens with zero attached hydrogens (tertiary/aromatic N) is 2. The van der Waals surface area contributed by atoms with E-state index in [2.05, 4.69) is 10.1 Å². The predicted octanol–water partition coefficient (Wildman–Crippen LogP) is 3.79.